The third kappa shape index (κ3) is 6.84. The van der Waals surface area contributed by atoms with E-state index in [9.17, 15) is 14.4 Å². The van der Waals surface area contributed by atoms with Crippen LogP contribution >= 0.6 is 0 Å². The SMILES string of the molecule is CCCNC(=O)CN1CCN(C(=O)NC(C)c2cccc(NC(C)=O)c2)CC1. The third-order valence-corrected chi connectivity index (χ3v) is 4.65. The molecule has 1 fully saturated rings. The predicted molar refractivity (Wildman–Crippen MR) is 109 cm³/mol. The molecule has 1 aliphatic rings. The number of nitrogens with one attached hydrogen (secondary N) is 3. The smallest absolute Gasteiger partial charge is 0.317 e. The van der Waals surface area contributed by atoms with Crippen molar-refractivity contribution in [3.63, 3.8) is 0 Å². The summed E-state index contributed by atoms with van der Waals surface area (Å²) in [6, 6.07) is 7.15. The molecule has 1 aromatic carbocycles. The van der Waals surface area contributed by atoms with Gasteiger partial charge in [0.15, 0.2) is 0 Å². The van der Waals surface area contributed by atoms with Gasteiger partial charge in [0.2, 0.25) is 11.8 Å². The summed E-state index contributed by atoms with van der Waals surface area (Å²) in [6.45, 7) is 9.01. The predicted octanol–water partition coefficient (Wildman–Crippen LogP) is 1.56. The molecular formula is C20H31N5O3. The van der Waals surface area contributed by atoms with Gasteiger partial charge >= 0.3 is 6.03 Å². The van der Waals surface area contributed by atoms with Crippen LogP contribution in [-0.2, 0) is 9.59 Å². The molecule has 0 saturated carbocycles. The molecule has 1 saturated heterocycles. The maximum Gasteiger partial charge on any atom is 0.317 e. The number of carbonyl (C=O) groups is 3. The standard InChI is InChI=1S/C20H31N5O3/c1-4-8-21-19(27)14-24-9-11-25(12-10-24)20(28)22-15(2)17-6-5-7-18(13-17)23-16(3)26/h5-7,13,15H,4,8-12,14H2,1-3H3,(H,21,27)(H,22,28)(H,23,26). The molecule has 0 spiro atoms. The summed E-state index contributed by atoms with van der Waals surface area (Å²) in [6.07, 6.45) is 0.922. The fourth-order valence-electron chi connectivity index (χ4n) is 3.08. The Kier molecular flexibility index (Phi) is 8.25. The van der Waals surface area contributed by atoms with E-state index in [0.29, 0.717) is 45.0 Å². The highest BCUT2D eigenvalue weighted by Gasteiger charge is 2.23. The van der Waals surface area contributed by atoms with Crippen LogP contribution in [0.5, 0.6) is 0 Å². The van der Waals surface area contributed by atoms with Crippen LogP contribution in [0.4, 0.5) is 10.5 Å². The topological polar surface area (TPSA) is 93.8 Å². The number of benzene rings is 1. The Morgan fingerprint density at radius 1 is 1.14 bits per heavy atom. The van der Waals surface area contributed by atoms with Crippen molar-refractivity contribution in [2.75, 3.05) is 44.6 Å². The van der Waals surface area contributed by atoms with Crippen LogP contribution in [0.15, 0.2) is 24.3 Å². The molecule has 8 nitrogen and oxygen atoms in total. The molecule has 154 valence electrons. The van der Waals surface area contributed by atoms with E-state index >= 15 is 0 Å². The number of carbonyl (C=O) groups excluding carboxylic acids is 3. The second-order valence-corrected chi connectivity index (χ2v) is 7.09. The number of hydrogen-bond acceptors (Lipinski definition) is 4. The molecule has 8 heteroatoms. The molecule has 1 unspecified atom stereocenters. The summed E-state index contributed by atoms with van der Waals surface area (Å²) in [5.41, 5.74) is 1.63. The van der Waals surface area contributed by atoms with Crippen molar-refractivity contribution in [3.8, 4) is 0 Å². The molecule has 4 amide bonds. The first-order valence-electron chi connectivity index (χ1n) is 9.81. The Hall–Kier alpha value is -2.61. The lowest BCUT2D eigenvalue weighted by Gasteiger charge is -2.35. The zero-order valence-corrected chi connectivity index (χ0v) is 17.0. The van der Waals surface area contributed by atoms with Gasteiger partial charge in [0.05, 0.1) is 12.6 Å². The van der Waals surface area contributed by atoms with Gasteiger partial charge in [0.25, 0.3) is 0 Å². The molecular weight excluding hydrogens is 358 g/mol. The molecule has 2 rings (SSSR count). The fourth-order valence-corrected chi connectivity index (χ4v) is 3.08. The first-order valence-corrected chi connectivity index (χ1v) is 9.81. The molecule has 1 aliphatic heterocycles. The lowest BCUT2D eigenvalue weighted by molar-refractivity contribution is -0.122. The first-order chi connectivity index (χ1) is 13.4. The van der Waals surface area contributed by atoms with Crippen molar-refractivity contribution < 1.29 is 14.4 Å². The summed E-state index contributed by atoms with van der Waals surface area (Å²) in [4.78, 5) is 39.4. The lowest BCUT2D eigenvalue weighted by atomic mass is 10.1. The van der Waals surface area contributed by atoms with Gasteiger partial charge < -0.3 is 20.9 Å². The van der Waals surface area contributed by atoms with Gasteiger partial charge in [-0.2, -0.15) is 0 Å². The number of amides is 4. The van der Waals surface area contributed by atoms with E-state index < -0.39 is 0 Å². The summed E-state index contributed by atoms with van der Waals surface area (Å²) < 4.78 is 0. The monoisotopic (exact) mass is 389 g/mol. The van der Waals surface area contributed by atoms with E-state index in [4.69, 9.17) is 0 Å². The van der Waals surface area contributed by atoms with Crippen LogP contribution in [0.3, 0.4) is 0 Å². The average Bonchev–Trinajstić information content (AvgIpc) is 2.66. The van der Waals surface area contributed by atoms with Crippen molar-refractivity contribution in [2.24, 2.45) is 0 Å². The van der Waals surface area contributed by atoms with E-state index in [1.54, 1.807) is 4.90 Å². The minimum atomic E-state index is -0.181. The minimum Gasteiger partial charge on any atom is -0.355 e. The van der Waals surface area contributed by atoms with Gasteiger partial charge in [0, 0.05) is 45.3 Å². The van der Waals surface area contributed by atoms with E-state index in [1.807, 2.05) is 38.1 Å². The van der Waals surface area contributed by atoms with Crippen LogP contribution in [0, 0.1) is 0 Å². The third-order valence-electron chi connectivity index (χ3n) is 4.65. The average molecular weight is 390 g/mol. The Morgan fingerprint density at radius 2 is 1.86 bits per heavy atom. The largest absolute Gasteiger partial charge is 0.355 e. The van der Waals surface area contributed by atoms with Gasteiger partial charge in [-0.05, 0) is 31.0 Å². The minimum absolute atomic E-state index is 0.0347. The normalized spacial score (nSPS) is 15.6. The number of piperazine rings is 1. The van der Waals surface area contributed by atoms with Gasteiger partial charge in [-0.3, -0.25) is 14.5 Å². The molecule has 1 atom stereocenters. The number of anilines is 1. The Balaban J connectivity index is 1.80. The molecule has 0 aliphatic carbocycles. The van der Waals surface area contributed by atoms with Crippen molar-refractivity contribution in [1.82, 2.24) is 20.4 Å². The Morgan fingerprint density at radius 3 is 2.50 bits per heavy atom. The Bertz CT molecular complexity index is 686. The molecule has 1 heterocycles. The van der Waals surface area contributed by atoms with Crippen LogP contribution < -0.4 is 16.0 Å². The molecule has 1 aromatic rings. The molecule has 0 aromatic heterocycles. The van der Waals surface area contributed by atoms with E-state index in [-0.39, 0.29) is 23.9 Å². The van der Waals surface area contributed by atoms with E-state index in [1.165, 1.54) is 6.92 Å². The maximum atomic E-state index is 12.6. The molecule has 28 heavy (non-hydrogen) atoms. The highest BCUT2D eigenvalue weighted by Crippen LogP contribution is 2.18. The molecule has 0 bridgehead atoms. The zero-order chi connectivity index (χ0) is 20.5. The zero-order valence-electron chi connectivity index (χ0n) is 17.0. The van der Waals surface area contributed by atoms with Gasteiger partial charge in [-0.15, -0.1) is 0 Å². The quantitative estimate of drug-likeness (QED) is 0.660. The Labute approximate surface area is 166 Å². The van der Waals surface area contributed by atoms with Crippen LogP contribution in [-0.4, -0.2) is 66.9 Å². The van der Waals surface area contributed by atoms with Crippen molar-refractivity contribution in [3.05, 3.63) is 29.8 Å². The lowest BCUT2D eigenvalue weighted by Crippen LogP contribution is -2.53. The van der Waals surface area contributed by atoms with E-state index in [0.717, 1.165) is 12.0 Å². The maximum absolute atomic E-state index is 12.6. The number of nitrogens with zero attached hydrogens (tertiary/aromatic N) is 2. The van der Waals surface area contributed by atoms with Crippen LogP contribution in [0.1, 0.15) is 38.8 Å². The van der Waals surface area contributed by atoms with Crippen LogP contribution in [0.25, 0.3) is 0 Å². The van der Waals surface area contributed by atoms with Gasteiger partial charge in [0.1, 0.15) is 0 Å². The van der Waals surface area contributed by atoms with E-state index in [2.05, 4.69) is 20.9 Å². The molecule has 3 N–H and O–H groups in total. The summed E-state index contributed by atoms with van der Waals surface area (Å²) in [7, 11) is 0. The summed E-state index contributed by atoms with van der Waals surface area (Å²) in [5.74, 6) is -0.0949. The molecule has 0 radical (unpaired) electrons. The highest BCUT2D eigenvalue weighted by molar-refractivity contribution is 5.88. The van der Waals surface area contributed by atoms with Crippen molar-refractivity contribution >= 4 is 23.5 Å². The second-order valence-electron chi connectivity index (χ2n) is 7.09. The number of hydrogen-bond donors (Lipinski definition) is 3. The van der Waals surface area contributed by atoms with Crippen LogP contribution in [0.2, 0.25) is 0 Å². The first kappa shape index (κ1) is 21.7. The van der Waals surface area contributed by atoms with Gasteiger partial charge in [-0.1, -0.05) is 19.1 Å². The fraction of sp³-hybridized carbons (Fsp3) is 0.550. The summed E-state index contributed by atoms with van der Waals surface area (Å²) >= 11 is 0. The summed E-state index contributed by atoms with van der Waals surface area (Å²) in [5, 5.41) is 8.63. The number of urea groups is 1. The second kappa shape index (κ2) is 10.7. The number of rotatable bonds is 7. The van der Waals surface area contributed by atoms with Crippen molar-refractivity contribution in [2.45, 2.75) is 33.2 Å². The van der Waals surface area contributed by atoms with Gasteiger partial charge in [-0.25, -0.2) is 4.79 Å². The highest BCUT2D eigenvalue weighted by atomic mass is 16.2. The van der Waals surface area contributed by atoms with Crippen molar-refractivity contribution in [1.29, 1.82) is 0 Å².